The molecule has 0 aliphatic carbocycles. The highest BCUT2D eigenvalue weighted by molar-refractivity contribution is 6.28. The average molecular weight is 283 g/mol. The maximum Gasteiger partial charge on any atom is 0.226 e. The third-order valence-electron chi connectivity index (χ3n) is 2.98. The second-order valence-corrected chi connectivity index (χ2v) is 5.02. The maximum atomic E-state index is 5.96. The van der Waals surface area contributed by atoms with Crippen molar-refractivity contribution in [1.82, 2.24) is 25.1 Å². The van der Waals surface area contributed by atoms with E-state index in [9.17, 15) is 0 Å². The third kappa shape index (κ3) is 3.33. The van der Waals surface area contributed by atoms with Crippen LogP contribution in [0.4, 0.5) is 5.82 Å². The Hall–Kier alpha value is -1.40. The molecule has 2 rings (SSSR count). The molecule has 0 unspecified atom stereocenters. The zero-order valence-corrected chi connectivity index (χ0v) is 12.3. The van der Waals surface area contributed by atoms with Crippen molar-refractivity contribution in [2.24, 2.45) is 0 Å². The predicted molar refractivity (Wildman–Crippen MR) is 77.8 cm³/mol. The minimum atomic E-state index is 0.248. The number of nitrogens with one attached hydrogen (secondary N) is 1. The van der Waals surface area contributed by atoms with E-state index in [0.29, 0.717) is 5.65 Å². The summed E-state index contributed by atoms with van der Waals surface area (Å²) in [5.74, 6) is 0.852. The van der Waals surface area contributed by atoms with E-state index in [-0.39, 0.29) is 5.28 Å². The quantitative estimate of drug-likeness (QED) is 0.819. The summed E-state index contributed by atoms with van der Waals surface area (Å²) in [6, 6.07) is 0. The van der Waals surface area contributed by atoms with E-state index in [1.165, 1.54) is 0 Å². The van der Waals surface area contributed by atoms with Gasteiger partial charge in [-0.2, -0.15) is 15.1 Å². The monoisotopic (exact) mass is 282 g/mol. The largest absolute Gasteiger partial charge is 0.356 e. The molecule has 0 aliphatic heterocycles. The summed E-state index contributed by atoms with van der Waals surface area (Å²) in [6.07, 6.45) is 2.82. The Labute approximate surface area is 117 Å². The van der Waals surface area contributed by atoms with Crippen molar-refractivity contribution in [3.8, 4) is 0 Å². The van der Waals surface area contributed by atoms with Gasteiger partial charge in [-0.3, -0.25) is 5.10 Å². The van der Waals surface area contributed by atoms with E-state index < -0.39 is 0 Å². The molecule has 1 N–H and O–H groups in total. The second kappa shape index (κ2) is 6.16. The van der Waals surface area contributed by atoms with Crippen LogP contribution in [0.3, 0.4) is 0 Å². The molecule has 19 heavy (non-hydrogen) atoms. The predicted octanol–water partition coefficient (Wildman–Crippen LogP) is 1.78. The summed E-state index contributed by atoms with van der Waals surface area (Å²) in [6.45, 7) is 4.96. The van der Waals surface area contributed by atoms with Crippen molar-refractivity contribution in [2.45, 2.75) is 13.3 Å². The molecule has 0 fully saturated rings. The SMILES string of the molecule is CCN(CCCN(C)C)c1nc(Cl)nc2[nH]ncc12. The van der Waals surface area contributed by atoms with Crippen molar-refractivity contribution in [3.63, 3.8) is 0 Å². The third-order valence-corrected chi connectivity index (χ3v) is 3.15. The number of fused-ring (bicyclic) bond motifs is 1. The lowest BCUT2D eigenvalue weighted by atomic mass is 10.3. The minimum Gasteiger partial charge on any atom is -0.356 e. The van der Waals surface area contributed by atoms with Crippen LogP contribution in [0.25, 0.3) is 11.0 Å². The molecule has 0 atom stereocenters. The van der Waals surface area contributed by atoms with E-state index in [0.717, 1.165) is 37.3 Å². The molecule has 0 aliphatic rings. The van der Waals surface area contributed by atoms with E-state index >= 15 is 0 Å². The first-order valence-corrected chi connectivity index (χ1v) is 6.76. The number of rotatable bonds is 6. The zero-order chi connectivity index (χ0) is 13.8. The number of hydrogen-bond donors (Lipinski definition) is 1. The molecule has 6 nitrogen and oxygen atoms in total. The Bertz CT molecular complexity index is 538. The Kier molecular flexibility index (Phi) is 4.55. The van der Waals surface area contributed by atoms with Crippen LogP contribution in [0, 0.1) is 0 Å². The number of nitrogens with zero attached hydrogens (tertiary/aromatic N) is 5. The Morgan fingerprint density at radius 2 is 2.05 bits per heavy atom. The van der Waals surface area contributed by atoms with E-state index in [1.807, 2.05) is 0 Å². The van der Waals surface area contributed by atoms with Crippen molar-refractivity contribution >= 4 is 28.5 Å². The van der Waals surface area contributed by atoms with Gasteiger partial charge >= 0.3 is 0 Å². The van der Waals surface area contributed by atoms with Crippen LogP contribution in [-0.4, -0.2) is 58.8 Å². The highest BCUT2D eigenvalue weighted by Gasteiger charge is 2.14. The van der Waals surface area contributed by atoms with Gasteiger partial charge in [-0.1, -0.05) is 0 Å². The lowest BCUT2D eigenvalue weighted by Crippen LogP contribution is -2.28. The lowest BCUT2D eigenvalue weighted by Gasteiger charge is -2.23. The Morgan fingerprint density at radius 1 is 1.26 bits per heavy atom. The van der Waals surface area contributed by atoms with Gasteiger partial charge in [-0.05, 0) is 45.6 Å². The molecule has 104 valence electrons. The summed E-state index contributed by atoms with van der Waals surface area (Å²) in [5.41, 5.74) is 0.682. The van der Waals surface area contributed by atoms with E-state index in [2.05, 4.69) is 51.0 Å². The van der Waals surface area contributed by atoms with Gasteiger partial charge < -0.3 is 9.80 Å². The number of halogens is 1. The van der Waals surface area contributed by atoms with Crippen LogP contribution in [0.1, 0.15) is 13.3 Å². The number of H-pyrrole nitrogens is 1. The molecule has 0 spiro atoms. The first-order valence-electron chi connectivity index (χ1n) is 6.38. The van der Waals surface area contributed by atoms with Crippen LogP contribution in [0.2, 0.25) is 5.28 Å². The highest BCUT2D eigenvalue weighted by atomic mass is 35.5. The molecule has 0 amide bonds. The fourth-order valence-electron chi connectivity index (χ4n) is 2.03. The minimum absolute atomic E-state index is 0.248. The van der Waals surface area contributed by atoms with Gasteiger partial charge in [0.25, 0.3) is 0 Å². The van der Waals surface area contributed by atoms with Crippen molar-refractivity contribution in [1.29, 1.82) is 0 Å². The molecule has 2 aromatic heterocycles. The van der Waals surface area contributed by atoms with E-state index in [1.54, 1.807) is 6.20 Å². The number of aromatic amines is 1. The first-order chi connectivity index (χ1) is 9.11. The number of hydrogen-bond acceptors (Lipinski definition) is 5. The summed E-state index contributed by atoms with van der Waals surface area (Å²) < 4.78 is 0. The van der Waals surface area contributed by atoms with Crippen LogP contribution in [0.15, 0.2) is 6.20 Å². The molecule has 2 heterocycles. The van der Waals surface area contributed by atoms with Gasteiger partial charge in [-0.15, -0.1) is 0 Å². The van der Waals surface area contributed by atoms with Crippen LogP contribution in [0.5, 0.6) is 0 Å². The molecule has 0 aromatic carbocycles. The topological polar surface area (TPSA) is 60.9 Å². The van der Waals surface area contributed by atoms with Crippen molar-refractivity contribution in [3.05, 3.63) is 11.5 Å². The molecule has 0 bridgehead atoms. The summed E-state index contributed by atoms with van der Waals surface area (Å²) in [4.78, 5) is 12.9. The maximum absolute atomic E-state index is 5.96. The molecular formula is C12H19ClN6. The van der Waals surface area contributed by atoms with Crippen molar-refractivity contribution in [2.75, 3.05) is 38.6 Å². The normalized spacial score (nSPS) is 11.4. The Morgan fingerprint density at radius 3 is 2.74 bits per heavy atom. The zero-order valence-electron chi connectivity index (χ0n) is 11.5. The van der Waals surface area contributed by atoms with Gasteiger partial charge in [0.1, 0.15) is 5.82 Å². The van der Waals surface area contributed by atoms with Gasteiger partial charge in [0.2, 0.25) is 5.28 Å². The van der Waals surface area contributed by atoms with Crippen LogP contribution < -0.4 is 4.90 Å². The number of anilines is 1. The van der Waals surface area contributed by atoms with Gasteiger partial charge in [0.05, 0.1) is 11.6 Å². The van der Waals surface area contributed by atoms with Gasteiger partial charge in [-0.25, -0.2) is 0 Å². The van der Waals surface area contributed by atoms with E-state index in [4.69, 9.17) is 11.6 Å². The molecule has 2 aromatic rings. The second-order valence-electron chi connectivity index (χ2n) is 4.69. The van der Waals surface area contributed by atoms with Crippen LogP contribution >= 0.6 is 11.6 Å². The first kappa shape index (κ1) is 14.0. The number of aromatic nitrogens is 4. The smallest absolute Gasteiger partial charge is 0.226 e. The van der Waals surface area contributed by atoms with Gasteiger partial charge in [0, 0.05) is 13.1 Å². The Balaban J connectivity index is 2.22. The molecule has 0 saturated carbocycles. The summed E-state index contributed by atoms with van der Waals surface area (Å²) in [5, 5.41) is 8.00. The molecule has 0 saturated heterocycles. The summed E-state index contributed by atoms with van der Waals surface area (Å²) >= 11 is 5.96. The molecular weight excluding hydrogens is 264 g/mol. The standard InChI is InChI=1S/C12H19ClN6/c1-4-19(7-5-6-18(2)3)11-9-8-14-17-10(9)15-12(13)16-11/h8H,4-7H2,1-3H3,(H,14,15,16,17). The van der Waals surface area contributed by atoms with Crippen LogP contribution in [-0.2, 0) is 0 Å². The molecule has 0 radical (unpaired) electrons. The molecule has 7 heteroatoms. The lowest BCUT2D eigenvalue weighted by molar-refractivity contribution is 0.400. The highest BCUT2D eigenvalue weighted by Crippen LogP contribution is 2.23. The average Bonchev–Trinajstić information content (AvgIpc) is 2.81. The fraction of sp³-hybridized carbons (Fsp3) is 0.583. The fourth-order valence-corrected chi connectivity index (χ4v) is 2.19. The van der Waals surface area contributed by atoms with Crippen molar-refractivity contribution < 1.29 is 0 Å². The summed E-state index contributed by atoms with van der Waals surface area (Å²) in [7, 11) is 4.15. The van der Waals surface area contributed by atoms with Gasteiger partial charge in [0.15, 0.2) is 5.65 Å².